The van der Waals surface area contributed by atoms with Crippen molar-refractivity contribution in [3.63, 3.8) is 0 Å². The third kappa shape index (κ3) is 1.79. The molecule has 0 fully saturated rings. The maximum Gasteiger partial charge on any atom is 0.198 e. The van der Waals surface area contributed by atoms with E-state index in [1.807, 2.05) is 0 Å². The highest BCUT2D eigenvalue weighted by atomic mass is 19.2. The Morgan fingerprint density at radius 1 is 0.778 bits per heavy atom. The normalized spacial score (nSPS) is 10.4. The summed E-state index contributed by atoms with van der Waals surface area (Å²) in [5.74, 6) is -6.52. The molecule has 0 heterocycles. The Balaban J connectivity index is 2.86. The van der Waals surface area contributed by atoms with Gasteiger partial charge in [-0.15, -0.1) is 0 Å². The molecular formula is C14H8F4. The van der Waals surface area contributed by atoms with Crippen molar-refractivity contribution in [1.82, 2.24) is 0 Å². The van der Waals surface area contributed by atoms with Crippen LogP contribution in [0.3, 0.4) is 0 Å². The van der Waals surface area contributed by atoms with E-state index >= 15 is 0 Å². The zero-order valence-electron chi connectivity index (χ0n) is 9.18. The van der Waals surface area contributed by atoms with Crippen LogP contribution in [0.15, 0.2) is 36.9 Å². The summed E-state index contributed by atoms with van der Waals surface area (Å²) in [6.45, 7) is 3.29. The zero-order chi connectivity index (χ0) is 13.3. The van der Waals surface area contributed by atoms with Crippen LogP contribution in [0.25, 0.3) is 17.2 Å². The van der Waals surface area contributed by atoms with Gasteiger partial charge in [-0.05, 0) is 5.56 Å². The topological polar surface area (TPSA) is 0 Å². The Morgan fingerprint density at radius 3 is 1.89 bits per heavy atom. The standard InChI is InChI=1S/C14H8F4/c1-2-9-10(8-6-4-3-5-7-8)12(16)14(18)13(17)11(9)15/h2-7H,1H2. The SMILES string of the molecule is C=Cc1c(F)c(F)c(F)c(F)c1-c1ccccc1. The Kier molecular flexibility index (Phi) is 3.19. The van der Waals surface area contributed by atoms with Gasteiger partial charge < -0.3 is 0 Å². The lowest BCUT2D eigenvalue weighted by Crippen LogP contribution is -2.03. The molecule has 4 heteroatoms. The minimum absolute atomic E-state index is 0.253. The molecule has 0 aliphatic carbocycles. The van der Waals surface area contributed by atoms with E-state index in [1.165, 1.54) is 12.1 Å². The molecule has 0 bridgehead atoms. The summed E-state index contributed by atoms with van der Waals surface area (Å²) in [7, 11) is 0. The van der Waals surface area contributed by atoms with E-state index in [-0.39, 0.29) is 11.1 Å². The molecule has 0 nitrogen and oxygen atoms in total. The quantitative estimate of drug-likeness (QED) is 0.418. The number of hydrogen-bond acceptors (Lipinski definition) is 0. The van der Waals surface area contributed by atoms with Gasteiger partial charge >= 0.3 is 0 Å². The van der Waals surface area contributed by atoms with Crippen molar-refractivity contribution in [2.24, 2.45) is 0 Å². The molecule has 0 aliphatic rings. The fourth-order valence-corrected chi connectivity index (χ4v) is 1.73. The maximum atomic E-state index is 13.7. The molecule has 0 spiro atoms. The molecule has 0 amide bonds. The molecule has 0 atom stereocenters. The molecule has 2 aromatic rings. The molecule has 0 N–H and O–H groups in total. The molecule has 0 saturated heterocycles. The van der Waals surface area contributed by atoms with Crippen LogP contribution in [0.2, 0.25) is 0 Å². The van der Waals surface area contributed by atoms with Crippen LogP contribution in [0.5, 0.6) is 0 Å². The zero-order valence-corrected chi connectivity index (χ0v) is 9.18. The predicted molar refractivity (Wildman–Crippen MR) is 61.8 cm³/mol. The fourth-order valence-electron chi connectivity index (χ4n) is 1.73. The molecule has 0 aromatic heterocycles. The second kappa shape index (κ2) is 4.64. The molecule has 0 radical (unpaired) electrons. The first kappa shape index (κ1) is 12.4. The van der Waals surface area contributed by atoms with Crippen molar-refractivity contribution in [2.75, 3.05) is 0 Å². The minimum Gasteiger partial charge on any atom is -0.203 e. The van der Waals surface area contributed by atoms with Gasteiger partial charge in [0.05, 0.1) is 0 Å². The first-order valence-electron chi connectivity index (χ1n) is 5.11. The Morgan fingerprint density at radius 2 is 1.33 bits per heavy atom. The van der Waals surface area contributed by atoms with Crippen LogP contribution >= 0.6 is 0 Å². The third-order valence-electron chi connectivity index (χ3n) is 2.57. The molecule has 2 aromatic carbocycles. The van der Waals surface area contributed by atoms with E-state index in [9.17, 15) is 17.6 Å². The molecular weight excluding hydrogens is 244 g/mol. The van der Waals surface area contributed by atoms with Crippen LogP contribution in [0.1, 0.15) is 5.56 Å². The highest BCUT2D eigenvalue weighted by Crippen LogP contribution is 2.33. The lowest BCUT2D eigenvalue weighted by atomic mass is 9.98. The summed E-state index contributed by atoms with van der Waals surface area (Å²) in [4.78, 5) is 0. The van der Waals surface area contributed by atoms with Crippen LogP contribution < -0.4 is 0 Å². The number of halogens is 4. The van der Waals surface area contributed by atoms with Crippen LogP contribution in [0, 0.1) is 23.3 Å². The summed E-state index contributed by atoms with van der Waals surface area (Å²) in [5, 5.41) is 0. The van der Waals surface area contributed by atoms with Crippen molar-refractivity contribution in [2.45, 2.75) is 0 Å². The predicted octanol–water partition coefficient (Wildman–Crippen LogP) is 4.55. The molecule has 2 rings (SSSR count). The van der Waals surface area contributed by atoms with E-state index in [0.29, 0.717) is 0 Å². The lowest BCUT2D eigenvalue weighted by molar-refractivity contribution is 0.410. The van der Waals surface area contributed by atoms with Gasteiger partial charge in [-0.3, -0.25) is 0 Å². The Labute approximate surface area is 101 Å². The van der Waals surface area contributed by atoms with E-state index < -0.39 is 28.8 Å². The maximum absolute atomic E-state index is 13.7. The van der Waals surface area contributed by atoms with Gasteiger partial charge in [0.2, 0.25) is 0 Å². The fraction of sp³-hybridized carbons (Fsp3) is 0. The summed E-state index contributed by atoms with van der Waals surface area (Å²) in [6.07, 6.45) is 0.962. The molecule has 0 unspecified atom stereocenters. The van der Waals surface area contributed by atoms with Crippen molar-refractivity contribution in [3.8, 4) is 11.1 Å². The smallest absolute Gasteiger partial charge is 0.198 e. The average molecular weight is 252 g/mol. The van der Waals surface area contributed by atoms with Gasteiger partial charge in [0.15, 0.2) is 23.3 Å². The van der Waals surface area contributed by atoms with Crippen LogP contribution in [-0.4, -0.2) is 0 Å². The van der Waals surface area contributed by atoms with Gasteiger partial charge in [0.1, 0.15) is 0 Å². The van der Waals surface area contributed by atoms with Crippen molar-refractivity contribution >= 4 is 6.08 Å². The summed E-state index contributed by atoms with van der Waals surface area (Å²) in [6, 6.07) is 7.79. The number of benzene rings is 2. The summed E-state index contributed by atoms with van der Waals surface area (Å²) >= 11 is 0. The van der Waals surface area contributed by atoms with Crippen molar-refractivity contribution in [3.05, 3.63) is 65.7 Å². The average Bonchev–Trinajstić information content (AvgIpc) is 2.41. The van der Waals surface area contributed by atoms with Gasteiger partial charge in [-0.2, -0.15) is 0 Å². The highest BCUT2D eigenvalue weighted by molar-refractivity contribution is 5.75. The van der Waals surface area contributed by atoms with Gasteiger partial charge in [-0.25, -0.2) is 17.6 Å². The first-order chi connectivity index (χ1) is 8.57. The van der Waals surface area contributed by atoms with Gasteiger partial charge in [0, 0.05) is 11.1 Å². The molecule has 0 aliphatic heterocycles. The van der Waals surface area contributed by atoms with Gasteiger partial charge in [0.25, 0.3) is 0 Å². The molecule has 0 saturated carbocycles. The lowest BCUT2D eigenvalue weighted by Gasteiger charge is -2.11. The molecule has 92 valence electrons. The van der Waals surface area contributed by atoms with E-state index in [0.717, 1.165) is 6.08 Å². The second-order valence-electron chi connectivity index (χ2n) is 3.61. The monoisotopic (exact) mass is 252 g/mol. The Bertz CT molecular complexity index is 603. The third-order valence-corrected chi connectivity index (χ3v) is 2.57. The Hall–Kier alpha value is -2.10. The highest BCUT2D eigenvalue weighted by Gasteiger charge is 2.24. The summed E-state index contributed by atoms with van der Waals surface area (Å²) in [5.41, 5.74) is -0.470. The molecule has 18 heavy (non-hydrogen) atoms. The van der Waals surface area contributed by atoms with Crippen molar-refractivity contribution < 1.29 is 17.6 Å². The van der Waals surface area contributed by atoms with Crippen LogP contribution in [-0.2, 0) is 0 Å². The largest absolute Gasteiger partial charge is 0.203 e. The van der Waals surface area contributed by atoms with Crippen molar-refractivity contribution in [1.29, 1.82) is 0 Å². The number of hydrogen-bond donors (Lipinski definition) is 0. The first-order valence-corrected chi connectivity index (χ1v) is 5.11. The summed E-state index contributed by atoms with van der Waals surface area (Å²) < 4.78 is 53.6. The van der Waals surface area contributed by atoms with E-state index in [1.54, 1.807) is 18.2 Å². The van der Waals surface area contributed by atoms with E-state index in [2.05, 4.69) is 6.58 Å². The van der Waals surface area contributed by atoms with Crippen LogP contribution in [0.4, 0.5) is 17.6 Å². The van der Waals surface area contributed by atoms with E-state index in [4.69, 9.17) is 0 Å². The second-order valence-corrected chi connectivity index (χ2v) is 3.61. The number of rotatable bonds is 2. The minimum atomic E-state index is -1.83. The van der Waals surface area contributed by atoms with Gasteiger partial charge in [-0.1, -0.05) is 43.0 Å².